The van der Waals surface area contributed by atoms with E-state index in [0.29, 0.717) is 31.9 Å². The van der Waals surface area contributed by atoms with Crippen molar-refractivity contribution in [3.8, 4) is 0 Å². The highest BCUT2D eigenvalue weighted by molar-refractivity contribution is 5.80. The number of rotatable bonds is 3. The maximum atomic E-state index is 13.2. The van der Waals surface area contributed by atoms with Gasteiger partial charge in [-0.25, -0.2) is 9.97 Å². The summed E-state index contributed by atoms with van der Waals surface area (Å²) in [6.07, 6.45) is -0.00611. The smallest absolute Gasteiger partial charge is 0.344 e. The minimum absolute atomic E-state index is 0.324. The van der Waals surface area contributed by atoms with Gasteiger partial charge in [-0.15, -0.1) is 0 Å². The zero-order chi connectivity index (χ0) is 18.0. The Morgan fingerprint density at radius 3 is 2.46 bits per heavy atom. The van der Waals surface area contributed by atoms with Crippen molar-refractivity contribution in [3.63, 3.8) is 0 Å². The van der Waals surface area contributed by atoms with Crippen LogP contribution in [-0.2, 0) is 4.79 Å². The number of nitrogens with zero attached hydrogens (tertiary/aromatic N) is 3. The van der Waals surface area contributed by atoms with Gasteiger partial charge in [0.2, 0.25) is 11.9 Å². The number of carbonyl (C=O) groups is 1. The monoisotopic (exact) mass is 344 g/mol. The van der Waals surface area contributed by atoms with Crippen molar-refractivity contribution >= 4 is 11.9 Å². The molecule has 0 bridgehead atoms. The molecule has 2 heterocycles. The van der Waals surface area contributed by atoms with Gasteiger partial charge in [-0.05, 0) is 24.3 Å². The number of hydrogen-bond acceptors (Lipinski definition) is 4. The Hall–Kier alpha value is -1.86. The molecule has 2 rings (SSSR count). The molecule has 1 N–H and O–H groups in total. The zero-order valence-electron chi connectivity index (χ0n) is 14.1. The molecule has 8 heteroatoms. The van der Waals surface area contributed by atoms with Crippen LogP contribution in [0, 0.1) is 11.3 Å². The summed E-state index contributed by atoms with van der Waals surface area (Å²) < 4.78 is 39.7. The number of nitrogens with one attached hydrogen (secondary N) is 1. The molecule has 1 aromatic heterocycles. The topological polar surface area (TPSA) is 58.1 Å². The van der Waals surface area contributed by atoms with E-state index in [1.807, 2.05) is 4.90 Å². The SMILES string of the molecule is CC(C)(C)C(NC(=O)C1CCCN(c2ncccn2)C1)C(F)(F)F. The van der Waals surface area contributed by atoms with Crippen LogP contribution in [0.15, 0.2) is 18.5 Å². The van der Waals surface area contributed by atoms with Gasteiger partial charge < -0.3 is 10.2 Å². The summed E-state index contributed by atoms with van der Waals surface area (Å²) >= 11 is 0. The largest absolute Gasteiger partial charge is 0.409 e. The van der Waals surface area contributed by atoms with Crippen LogP contribution in [-0.4, -0.2) is 41.2 Å². The summed E-state index contributed by atoms with van der Waals surface area (Å²) in [4.78, 5) is 22.5. The van der Waals surface area contributed by atoms with E-state index in [-0.39, 0.29) is 0 Å². The van der Waals surface area contributed by atoms with Crippen LogP contribution in [0.25, 0.3) is 0 Å². The predicted octanol–water partition coefficient (Wildman–Crippen LogP) is 2.79. The fraction of sp³-hybridized carbons (Fsp3) is 0.688. The van der Waals surface area contributed by atoms with Crippen LogP contribution in [0.2, 0.25) is 0 Å². The van der Waals surface area contributed by atoms with Crippen LogP contribution in [0.5, 0.6) is 0 Å². The highest BCUT2D eigenvalue weighted by atomic mass is 19.4. The average molecular weight is 344 g/mol. The lowest BCUT2D eigenvalue weighted by atomic mass is 9.85. The third-order valence-electron chi connectivity index (χ3n) is 4.11. The second kappa shape index (κ2) is 6.94. The minimum Gasteiger partial charge on any atom is -0.344 e. The molecule has 2 atom stereocenters. The number of aromatic nitrogens is 2. The Morgan fingerprint density at radius 1 is 1.29 bits per heavy atom. The average Bonchev–Trinajstić information content (AvgIpc) is 2.51. The molecule has 1 saturated heterocycles. The number of hydrogen-bond donors (Lipinski definition) is 1. The summed E-state index contributed by atoms with van der Waals surface area (Å²) in [5.41, 5.74) is -1.11. The molecule has 5 nitrogen and oxygen atoms in total. The van der Waals surface area contributed by atoms with Crippen LogP contribution < -0.4 is 10.2 Å². The number of amides is 1. The van der Waals surface area contributed by atoms with Crippen LogP contribution in [0.3, 0.4) is 0 Å². The van der Waals surface area contributed by atoms with Crippen LogP contribution in [0.1, 0.15) is 33.6 Å². The first kappa shape index (κ1) is 18.5. The molecule has 134 valence electrons. The number of alkyl halides is 3. The maximum absolute atomic E-state index is 13.2. The van der Waals surface area contributed by atoms with E-state index in [2.05, 4.69) is 15.3 Å². The van der Waals surface area contributed by atoms with Crippen LogP contribution in [0.4, 0.5) is 19.1 Å². The minimum atomic E-state index is -4.48. The van der Waals surface area contributed by atoms with E-state index >= 15 is 0 Å². The summed E-state index contributed by atoms with van der Waals surface area (Å²) in [5, 5.41) is 2.21. The summed E-state index contributed by atoms with van der Waals surface area (Å²) in [7, 11) is 0. The van der Waals surface area contributed by atoms with Gasteiger partial charge in [0, 0.05) is 25.5 Å². The van der Waals surface area contributed by atoms with Crippen molar-refractivity contribution in [1.29, 1.82) is 0 Å². The Balaban J connectivity index is 2.06. The lowest BCUT2D eigenvalue weighted by Crippen LogP contribution is -2.56. The van der Waals surface area contributed by atoms with E-state index in [0.717, 1.165) is 0 Å². The van der Waals surface area contributed by atoms with Crippen LogP contribution >= 0.6 is 0 Å². The third-order valence-corrected chi connectivity index (χ3v) is 4.11. The van der Waals surface area contributed by atoms with E-state index in [9.17, 15) is 18.0 Å². The highest BCUT2D eigenvalue weighted by Crippen LogP contribution is 2.33. The Morgan fingerprint density at radius 2 is 1.92 bits per heavy atom. The molecule has 24 heavy (non-hydrogen) atoms. The van der Waals surface area contributed by atoms with Crippen molar-refractivity contribution in [2.75, 3.05) is 18.0 Å². The quantitative estimate of drug-likeness (QED) is 0.916. The molecular weight excluding hydrogens is 321 g/mol. The normalized spacial score (nSPS) is 20.6. The van der Waals surface area contributed by atoms with Gasteiger partial charge in [-0.1, -0.05) is 20.8 Å². The van der Waals surface area contributed by atoms with Crippen molar-refractivity contribution in [2.45, 2.75) is 45.8 Å². The lowest BCUT2D eigenvalue weighted by molar-refractivity contribution is -0.181. The van der Waals surface area contributed by atoms with Gasteiger partial charge in [0.1, 0.15) is 6.04 Å². The molecule has 0 aliphatic carbocycles. The molecule has 1 amide bonds. The van der Waals surface area contributed by atoms with Gasteiger partial charge in [-0.3, -0.25) is 4.79 Å². The summed E-state index contributed by atoms with van der Waals surface area (Å²) in [6.45, 7) is 5.42. The van der Waals surface area contributed by atoms with Crippen molar-refractivity contribution < 1.29 is 18.0 Å². The van der Waals surface area contributed by atoms with Gasteiger partial charge in [-0.2, -0.15) is 13.2 Å². The molecular formula is C16H23F3N4O. The summed E-state index contributed by atoms with van der Waals surface area (Å²) in [6, 6.07) is -0.185. The number of piperidine rings is 1. The standard InChI is InChI=1S/C16H23F3N4O/c1-15(2,3)13(16(17,18)19)22-12(24)11-6-4-9-23(10-11)14-20-7-5-8-21-14/h5,7-8,11,13H,4,6,9-10H2,1-3H3,(H,22,24). The number of halogens is 3. The Labute approximate surface area is 139 Å². The summed E-state index contributed by atoms with van der Waals surface area (Å²) in [5.74, 6) is -0.569. The molecule has 1 fully saturated rings. The first-order valence-corrected chi connectivity index (χ1v) is 7.98. The van der Waals surface area contributed by atoms with E-state index in [1.54, 1.807) is 18.5 Å². The fourth-order valence-electron chi connectivity index (χ4n) is 2.88. The van der Waals surface area contributed by atoms with Crippen molar-refractivity contribution in [3.05, 3.63) is 18.5 Å². The fourth-order valence-corrected chi connectivity index (χ4v) is 2.88. The molecule has 0 aromatic carbocycles. The van der Waals surface area contributed by atoms with E-state index in [4.69, 9.17) is 0 Å². The van der Waals surface area contributed by atoms with E-state index in [1.165, 1.54) is 20.8 Å². The van der Waals surface area contributed by atoms with Gasteiger partial charge >= 0.3 is 6.18 Å². The Bertz CT molecular complexity index is 543. The lowest BCUT2D eigenvalue weighted by Gasteiger charge is -2.36. The molecule has 1 aliphatic rings. The van der Waals surface area contributed by atoms with Crippen molar-refractivity contribution in [2.24, 2.45) is 11.3 Å². The molecule has 0 radical (unpaired) electrons. The molecule has 1 aliphatic heterocycles. The second-order valence-electron chi connectivity index (χ2n) is 7.18. The van der Waals surface area contributed by atoms with Crippen molar-refractivity contribution in [1.82, 2.24) is 15.3 Å². The molecule has 0 spiro atoms. The first-order valence-electron chi connectivity index (χ1n) is 7.98. The molecule has 2 unspecified atom stereocenters. The zero-order valence-corrected chi connectivity index (χ0v) is 14.1. The van der Waals surface area contributed by atoms with E-state index < -0.39 is 29.5 Å². The van der Waals surface area contributed by atoms with Gasteiger partial charge in [0.05, 0.1) is 5.92 Å². The second-order valence-corrected chi connectivity index (χ2v) is 7.18. The van der Waals surface area contributed by atoms with Gasteiger partial charge in [0.25, 0.3) is 0 Å². The molecule has 1 aromatic rings. The highest BCUT2D eigenvalue weighted by Gasteiger charge is 2.48. The molecule has 0 saturated carbocycles. The predicted molar refractivity (Wildman–Crippen MR) is 84.4 cm³/mol. The first-order chi connectivity index (χ1) is 11.1. The third kappa shape index (κ3) is 4.58. The number of anilines is 1. The van der Waals surface area contributed by atoms with Gasteiger partial charge in [0.15, 0.2) is 0 Å². The number of carbonyl (C=O) groups excluding carboxylic acids is 1. The Kier molecular flexibility index (Phi) is 5.35. The maximum Gasteiger partial charge on any atom is 0.409 e.